The van der Waals surface area contributed by atoms with Gasteiger partial charge in [0.05, 0.1) is 17.4 Å². The molecule has 11 heteroatoms. The van der Waals surface area contributed by atoms with E-state index in [-0.39, 0.29) is 38.0 Å². The largest absolute Gasteiger partial charge is 0.486 e. The zero-order valence-corrected chi connectivity index (χ0v) is 34.7. The quantitative estimate of drug-likeness (QED) is 0.0382. The zero-order chi connectivity index (χ0) is 44.1. The molecule has 2 unspecified atom stereocenters. The first-order valence-corrected chi connectivity index (χ1v) is 20.3. The number of terminal acetylenes is 1. The summed E-state index contributed by atoms with van der Waals surface area (Å²) in [5.74, 6) is 1.42. The molecule has 0 aliphatic heterocycles. The van der Waals surface area contributed by atoms with Crippen molar-refractivity contribution in [2.45, 2.75) is 25.7 Å². The standard InChI is InChI=1S/C52H43N3O8/c1-4-36-12-11-17-43(30-36)55-50-44-31-46(60-26-28-62-51(58)34(2)37-18-22-41(23-19-37)48(56)39-13-7-5-8-14-39)47(32-45(44)53-33-54-50)61-27-29-63-52(59)35(3)38-20-24-42(25-21-38)49(57)40-15-9-6-10-16-40/h1,5-25,30-35H,26-29H2,2-3H3,(H,53,54,55). The van der Waals surface area contributed by atoms with Crippen molar-refractivity contribution in [3.63, 3.8) is 0 Å². The number of fused-ring (bicyclic) bond motifs is 1. The lowest BCUT2D eigenvalue weighted by atomic mass is 9.97. The number of hydrogen-bond acceptors (Lipinski definition) is 11. The average Bonchev–Trinajstić information content (AvgIpc) is 3.34. The van der Waals surface area contributed by atoms with Crippen LogP contribution >= 0.6 is 0 Å². The lowest BCUT2D eigenvalue weighted by molar-refractivity contribution is -0.146. The first kappa shape index (κ1) is 43.0. The highest BCUT2D eigenvalue weighted by Crippen LogP contribution is 2.35. The van der Waals surface area contributed by atoms with Crippen LogP contribution in [0.3, 0.4) is 0 Å². The highest BCUT2D eigenvalue weighted by atomic mass is 16.6. The molecule has 0 amide bonds. The second kappa shape index (κ2) is 20.4. The molecule has 0 fully saturated rings. The molecule has 7 rings (SSSR count). The fourth-order valence-electron chi connectivity index (χ4n) is 6.68. The van der Waals surface area contributed by atoms with Crippen molar-refractivity contribution in [3.8, 4) is 23.8 Å². The van der Waals surface area contributed by atoms with E-state index in [0.717, 1.165) is 5.69 Å². The van der Waals surface area contributed by atoms with Gasteiger partial charge >= 0.3 is 11.9 Å². The van der Waals surface area contributed by atoms with Gasteiger partial charge in [-0.2, -0.15) is 0 Å². The Hall–Kier alpha value is -8.10. The van der Waals surface area contributed by atoms with Gasteiger partial charge in [-0.25, -0.2) is 9.97 Å². The Balaban J connectivity index is 0.989. The van der Waals surface area contributed by atoms with E-state index >= 15 is 0 Å². The zero-order valence-electron chi connectivity index (χ0n) is 34.7. The first-order valence-electron chi connectivity index (χ1n) is 20.3. The number of esters is 2. The van der Waals surface area contributed by atoms with Gasteiger partial charge in [-0.1, -0.05) is 121 Å². The van der Waals surface area contributed by atoms with E-state index in [2.05, 4.69) is 21.2 Å². The minimum atomic E-state index is -0.599. The van der Waals surface area contributed by atoms with Crippen molar-refractivity contribution >= 4 is 45.9 Å². The molecule has 7 aromatic rings. The van der Waals surface area contributed by atoms with Crippen LogP contribution in [0.2, 0.25) is 0 Å². The Morgan fingerprint density at radius 2 is 1.06 bits per heavy atom. The van der Waals surface area contributed by atoms with Crippen LogP contribution in [0.4, 0.5) is 11.5 Å². The Morgan fingerprint density at radius 1 is 0.571 bits per heavy atom. The summed E-state index contributed by atoms with van der Waals surface area (Å²) in [7, 11) is 0. The fraction of sp³-hybridized carbons (Fsp3) is 0.154. The number of ketones is 2. The second-order valence-corrected chi connectivity index (χ2v) is 14.5. The molecule has 0 saturated carbocycles. The monoisotopic (exact) mass is 837 g/mol. The third-order valence-electron chi connectivity index (χ3n) is 10.3. The van der Waals surface area contributed by atoms with E-state index < -0.39 is 23.8 Å². The molecule has 0 spiro atoms. The number of nitrogens with zero attached hydrogens (tertiary/aromatic N) is 2. The number of carbonyl (C=O) groups is 4. The Labute approximate surface area is 365 Å². The molecule has 63 heavy (non-hydrogen) atoms. The summed E-state index contributed by atoms with van der Waals surface area (Å²) in [6.45, 7) is 3.30. The molecule has 1 aromatic heterocycles. The van der Waals surface area contributed by atoms with Crippen molar-refractivity contribution in [1.29, 1.82) is 0 Å². The molecule has 11 nitrogen and oxygen atoms in total. The van der Waals surface area contributed by atoms with Crippen LogP contribution in [0.5, 0.6) is 11.5 Å². The van der Waals surface area contributed by atoms with Crippen LogP contribution < -0.4 is 14.8 Å². The second-order valence-electron chi connectivity index (χ2n) is 14.5. The molecule has 0 aliphatic rings. The van der Waals surface area contributed by atoms with E-state index in [1.165, 1.54) is 6.33 Å². The minimum absolute atomic E-state index is 0.0118. The van der Waals surface area contributed by atoms with Crippen molar-refractivity contribution in [3.05, 3.63) is 191 Å². The van der Waals surface area contributed by atoms with Gasteiger partial charge < -0.3 is 24.3 Å². The summed E-state index contributed by atoms with van der Waals surface area (Å²) in [5, 5.41) is 3.91. The lowest BCUT2D eigenvalue weighted by Crippen LogP contribution is -2.18. The molecule has 0 aliphatic carbocycles. The normalized spacial score (nSPS) is 11.7. The van der Waals surface area contributed by atoms with E-state index in [0.29, 0.717) is 67.2 Å². The number of anilines is 2. The molecule has 0 radical (unpaired) electrons. The molecule has 0 saturated heterocycles. The van der Waals surface area contributed by atoms with Crippen LogP contribution in [0.1, 0.15) is 74.2 Å². The van der Waals surface area contributed by atoms with Crippen LogP contribution in [-0.4, -0.2) is 59.9 Å². The lowest BCUT2D eigenvalue weighted by Gasteiger charge is -2.17. The SMILES string of the molecule is C#Cc1cccc(Nc2ncnc3cc(OCCOC(=O)C(C)c4ccc(C(=O)c5ccccc5)cc4)c(OCCOC(=O)C(C)c4ccc(C(=O)c5ccccc5)cc4)cc23)c1. The summed E-state index contributed by atoms with van der Waals surface area (Å²) in [4.78, 5) is 60.8. The van der Waals surface area contributed by atoms with Gasteiger partial charge in [-0.3, -0.25) is 19.2 Å². The van der Waals surface area contributed by atoms with Gasteiger partial charge in [0.15, 0.2) is 23.1 Å². The van der Waals surface area contributed by atoms with Crippen molar-refractivity contribution < 1.29 is 38.1 Å². The summed E-state index contributed by atoms with van der Waals surface area (Å²) in [6.07, 6.45) is 7.04. The van der Waals surface area contributed by atoms with Gasteiger partial charge in [-0.05, 0) is 49.2 Å². The topological polar surface area (TPSA) is 143 Å². The number of aromatic nitrogens is 2. The first-order chi connectivity index (χ1) is 30.7. The van der Waals surface area contributed by atoms with Gasteiger partial charge in [0.2, 0.25) is 0 Å². The third kappa shape index (κ3) is 10.8. The molecule has 1 heterocycles. The number of rotatable bonds is 18. The predicted molar refractivity (Wildman–Crippen MR) is 240 cm³/mol. The highest BCUT2D eigenvalue weighted by molar-refractivity contribution is 6.09. The Morgan fingerprint density at radius 3 is 1.57 bits per heavy atom. The van der Waals surface area contributed by atoms with E-state index in [4.69, 9.17) is 25.4 Å². The highest BCUT2D eigenvalue weighted by Gasteiger charge is 2.21. The minimum Gasteiger partial charge on any atom is -0.486 e. The molecule has 1 N–H and O–H groups in total. The van der Waals surface area contributed by atoms with Crippen molar-refractivity contribution in [1.82, 2.24) is 9.97 Å². The summed E-state index contributed by atoms with van der Waals surface area (Å²) >= 11 is 0. The van der Waals surface area contributed by atoms with Crippen LogP contribution in [-0.2, 0) is 19.1 Å². The third-order valence-corrected chi connectivity index (χ3v) is 10.3. The Kier molecular flexibility index (Phi) is 14.0. The Bertz CT molecular complexity index is 2770. The molecule has 6 aromatic carbocycles. The van der Waals surface area contributed by atoms with Crippen LogP contribution in [0.25, 0.3) is 10.9 Å². The van der Waals surface area contributed by atoms with E-state index in [9.17, 15) is 19.2 Å². The summed E-state index contributed by atoms with van der Waals surface area (Å²) in [6, 6.07) is 42.6. The van der Waals surface area contributed by atoms with Crippen LogP contribution in [0.15, 0.2) is 152 Å². The summed E-state index contributed by atoms with van der Waals surface area (Å²) in [5.41, 5.74) is 5.57. The predicted octanol–water partition coefficient (Wildman–Crippen LogP) is 9.27. The van der Waals surface area contributed by atoms with Crippen molar-refractivity contribution in [2.75, 3.05) is 31.7 Å². The maximum Gasteiger partial charge on any atom is 0.313 e. The number of nitrogens with one attached hydrogen (secondary N) is 1. The van der Waals surface area contributed by atoms with Gasteiger partial charge in [0, 0.05) is 45.0 Å². The van der Waals surface area contributed by atoms with Gasteiger partial charge in [-0.15, -0.1) is 6.42 Å². The van der Waals surface area contributed by atoms with Crippen LogP contribution in [0, 0.1) is 12.3 Å². The smallest absolute Gasteiger partial charge is 0.313 e. The number of carbonyl (C=O) groups excluding carboxylic acids is 4. The number of benzene rings is 6. The van der Waals surface area contributed by atoms with E-state index in [1.54, 1.807) is 98.8 Å². The maximum absolute atomic E-state index is 13.1. The molecular weight excluding hydrogens is 795 g/mol. The molecular formula is C52H43N3O8. The van der Waals surface area contributed by atoms with Crippen molar-refractivity contribution in [2.24, 2.45) is 0 Å². The van der Waals surface area contributed by atoms with Gasteiger partial charge in [0.25, 0.3) is 0 Å². The number of ether oxygens (including phenoxy) is 4. The van der Waals surface area contributed by atoms with E-state index in [1.807, 2.05) is 60.7 Å². The number of hydrogen-bond donors (Lipinski definition) is 1. The molecule has 0 bridgehead atoms. The molecule has 2 atom stereocenters. The maximum atomic E-state index is 13.1. The average molecular weight is 838 g/mol. The fourth-order valence-corrected chi connectivity index (χ4v) is 6.68. The van der Waals surface area contributed by atoms with Gasteiger partial charge in [0.1, 0.15) is 38.6 Å². The molecule has 314 valence electrons. The summed E-state index contributed by atoms with van der Waals surface area (Å²) < 4.78 is 23.4.